The van der Waals surface area contributed by atoms with Gasteiger partial charge in [0.1, 0.15) is 57.5 Å². The summed E-state index contributed by atoms with van der Waals surface area (Å²) < 4.78 is 170. The largest absolute Gasteiger partial charge is 1.00 e. The van der Waals surface area contributed by atoms with E-state index in [1.165, 1.54) is 97.1 Å². The molecular weight excluding hydrogens is 824 g/mol. The first-order valence-corrected chi connectivity index (χ1v) is 16.9. The summed E-state index contributed by atoms with van der Waals surface area (Å²) in [4.78, 5) is -0.887. The Bertz CT molecular complexity index is 2070. The van der Waals surface area contributed by atoms with Crippen LogP contribution in [0.1, 0.15) is 0 Å². The van der Waals surface area contributed by atoms with Crippen molar-refractivity contribution in [2.45, 2.75) is 27.6 Å². The number of rotatable bonds is 15. The summed E-state index contributed by atoms with van der Waals surface area (Å²) in [7, 11) is -7.36. The molecule has 0 amide bonds. The molecule has 286 valence electrons. The van der Waals surface area contributed by atoms with Crippen LogP contribution >= 0.6 is 11.8 Å². The van der Waals surface area contributed by atoms with Crippen molar-refractivity contribution in [1.29, 1.82) is 0 Å². The second-order valence-electron chi connectivity index (χ2n) is 10.7. The maximum Gasteiger partial charge on any atom is 1.00 e. The van der Waals surface area contributed by atoms with Gasteiger partial charge < -0.3 is 33.7 Å². The predicted molar refractivity (Wildman–Crippen MR) is 172 cm³/mol. The molecule has 0 fully saturated rings. The molecule has 55 heavy (non-hydrogen) atoms. The third kappa shape index (κ3) is 11.2. The van der Waals surface area contributed by atoms with Crippen LogP contribution in [0.2, 0.25) is 0 Å². The Morgan fingerprint density at radius 1 is 0.491 bits per heavy atom. The predicted octanol–water partition coefficient (Wildman–Crippen LogP) is 7.30. The minimum absolute atomic E-state index is 0. The molecule has 0 saturated carbocycles. The number of ether oxygens (including phenoxy) is 5. The van der Waals surface area contributed by atoms with Crippen LogP contribution in [-0.4, -0.2) is 45.9 Å². The molecule has 0 radical (unpaired) electrons. The molecule has 0 unspecified atom stereocenters. The Morgan fingerprint density at radius 3 is 1.09 bits per heavy atom. The summed E-state index contributed by atoms with van der Waals surface area (Å²) in [6, 6.07) is 25.1. The first-order valence-electron chi connectivity index (χ1n) is 14.6. The molecule has 21 heteroatoms. The summed E-state index contributed by atoms with van der Waals surface area (Å²) >= 11 is -1.18. The molecule has 0 saturated heterocycles. The molecule has 0 aromatic heterocycles. The van der Waals surface area contributed by atoms with Crippen molar-refractivity contribution in [2.24, 2.45) is 0 Å². The third-order valence-corrected chi connectivity index (χ3v) is 8.44. The second-order valence-corrected chi connectivity index (χ2v) is 13.3. The average Bonchev–Trinajstić information content (AvgIpc) is 3.07. The zero-order valence-corrected chi connectivity index (χ0v) is 32.2. The fourth-order valence-corrected chi connectivity index (χ4v) is 5.22. The number of phenolic OH excluding ortho intramolecular Hbond substituents is 2. The molecule has 5 aromatic carbocycles. The summed E-state index contributed by atoms with van der Waals surface area (Å²) in [6.07, 6.45) is -13.4. The van der Waals surface area contributed by atoms with Gasteiger partial charge in [0.25, 0.3) is 0 Å². The van der Waals surface area contributed by atoms with E-state index in [1.54, 1.807) is 0 Å². The minimum Gasteiger partial charge on any atom is -0.743 e. The van der Waals surface area contributed by atoms with Crippen molar-refractivity contribution in [2.75, 3.05) is 0 Å². The molecule has 0 bridgehead atoms. The molecule has 0 atom stereocenters. The van der Waals surface area contributed by atoms with Crippen molar-refractivity contribution >= 4 is 21.9 Å². The Labute approximate surface area is 352 Å². The molecular formula is C34H21F8KO10S2. The molecule has 0 aliphatic heterocycles. The van der Waals surface area contributed by atoms with Gasteiger partial charge in [0.15, 0.2) is 10.1 Å². The van der Waals surface area contributed by atoms with Crippen molar-refractivity contribution in [3.05, 3.63) is 115 Å². The monoisotopic (exact) mass is 844 g/mol. The van der Waals surface area contributed by atoms with Crippen molar-refractivity contribution < 1.29 is 133 Å². The van der Waals surface area contributed by atoms with Gasteiger partial charge in [-0.05, 0) is 121 Å². The van der Waals surface area contributed by atoms with Gasteiger partial charge in [-0.25, -0.2) is 13.2 Å². The third-order valence-electron chi connectivity index (χ3n) is 6.61. The van der Waals surface area contributed by atoms with E-state index in [4.69, 9.17) is 18.9 Å². The molecule has 0 aliphatic carbocycles. The number of alkyl halides is 8. The van der Waals surface area contributed by atoms with E-state index in [1.807, 2.05) is 0 Å². The van der Waals surface area contributed by atoms with Crippen molar-refractivity contribution in [3.63, 3.8) is 0 Å². The summed E-state index contributed by atoms with van der Waals surface area (Å²) in [5, 5.41) is 6.17. The van der Waals surface area contributed by atoms with E-state index in [0.29, 0.717) is 11.5 Å². The molecule has 0 spiro atoms. The molecule has 2 N–H and O–H groups in total. The van der Waals surface area contributed by atoms with E-state index in [9.17, 15) is 58.3 Å². The Hall–Kier alpha value is -3.80. The second kappa shape index (κ2) is 17.1. The Morgan fingerprint density at radius 2 is 0.782 bits per heavy atom. The van der Waals surface area contributed by atoms with E-state index in [0.717, 1.165) is 18.2 Å². The molecule has 0 heterocycles. The van der Waals surface area contributed by atoms with Gasteiger partial charge in [0.05, 0.1) is 0 Å². The van der Waals surface area contributed by atoms with Crippen molar-refractivity contribution in [1.82, 2.24) is 0 Å². The molecule has 10 nitrogen and oxygen atoms in total. The standard InChI is InChI=1S/C34H22F8O10S2.K/c35-31(36,52-32(37,38)34(41,42)54(45,46)47)33(39,40)53-30-18-28(50-26-13-9-24(10-14-26)48-22-5-1-20(43)2-6-22)17-29(19-30)51-27-15-11-25(12-16-27)49-23-7-3-21(44)4-8-23;/h1-19,43-44H,(H,45,46,47);/q;+1/p-1. The number of hydrogen-bond donors (Lipinski definition) is 2. The first kappa shape index (κ1) is 43.9. The van der Waals surface area contributed by atoms with E-state index < -0.39 is 49.5 Å². The number of hydrogen-bond acceptors (Lipinski definition) is 11. The van der Waals surface area contributed by atoms with Gasteiger partial charge in [-0.1, -0.05) is 0 Å². The van der Waals surface area contributed by atoms with E-state index in [-0.39, 0.29) is 97.4 Å². The summed E-state index contributed by atoms with van der Waals surface area (Å²) in [5.41, 5.74) is 0. The minimum atomic E-state index is -7.36. The van der Waals surface area contributed by atoms with Gasteiger partial charge in [-0.2, -0.15) is 35.1 Å². The van der Waals surface area contributed by atoms with Crippen LogP contribution in [0.3, 0.4) is 0 Å². The number of benzene rings is 5. The van der Waals surface area contributed by atoms with Crippen LogP contribution in [0.5, 0.6) is 57.5 Å². The fraction of sp³-hybridized carbons (Fsp3) is 0.118. The van der Waals surface area contributed by atoms with Crippen molar-refractivity contribution in [3.8, 4) is 57.5 Å². The van der Waals surface area contributed by atoms with Gasteiger partial charge in [-0.15, -0.1) is 0 Å². The zero-order chi connectivity index (χ0) is 39.5. The quantitative estimate of drug-likeness (QED) is 0.0475. The van der Waals surface area contributed by atoms with Crippen LogP contribution < -0.4 is 70.3 Å². The number of aromatic hydroxyl groups is 2. The zero-order valence-electron chi connectivity index (χ0n) is 27.5. The Kier molecular flexibility index (Phi) is 13.7. The fourth-order valence-electron chi connectivity index (χ4n) is 4.08. The normalized spacial score (nSPS) is 12.4. The average molecular weight is 845 g/mol. The smallest absolute Gasteiger partial charge is 0.743 e. The molecule has 5 rings (SSSR count). The Balaban J connectivity index is 0.00000673. The van der Waals surface area contributed by atoms with E-state index >= 15 is 0 Å². The van der Waals surface area contributed by atoms with E-state index in [2.05, 4.69) is 4.74 Å². The number of thioether (sulfide) groups is 1. The number of phenols is 2. The van der Waals surface area contributed by atoms with Crippen LogP contribution in [0.25, 0.3) is 0 Å². The van der Waals surface area contributed by atoms with Gasteiger partial charge in [0, 0.05) is 11.0 Å². The maximum absolute atomic E-state index is 14.9. The van der Waals surface area contributed by atoms with Gasteiger partial charge >= 0.3 is 74.1 Å². The topological polar surface area (TPSA) is 144 Å². The summed E-state index contributed by atoms with van der Waals surface area (Å²) in [6.45, 7) is 0. The first-order chi connectivity index (χ1) is 25.1. The van der Waals surface area contributed by atoms with Crippen LogP contribution in [0.4, 0.5) is 35.1 Å². The van der Waals surface area contributed by atoms with Gasteiger partial charge in [-0.3, -0.25) is 0 Å². The number of halogens is 8. The molecule has 0 aliphatic rings. The van der Waals surface area contributed by atoms with Crippen LogP contribution in [0, 0.1) is 0 Å². The molecule has 5 aromatic rings. The maximum atomic E-state index is 14.9. The van der Waals surface area contributed by atoms with Gasteiger partial charge in [0.2, 0.25) is 0 Å². The van der Waals surface area contributed by atoms with Crippen LogP contribution in [-0.2, 0) is 14.9 Å². The SMILES string of the molecule is O=S(=O)([O-])C(F)(F)C(F)(F)OC(F)(F)C(F)(F)Sc1cc(Oc2ccc(Oc3ccc(O)cc3)cc2)cc(Oc2ccc(Oc3ccc(O)cc3)cc2)c1.[K+]. The van der Waals surface area contributed by atoms with Crippen LogP contribution in [0.15, 0.2) is 120 Å². The summed E-state index contributed by atoms with van der Waals surface area (Å²) in [5.74, 6) is 0.603.